The number of carbonyl (C=O) groups is 2. The van der Waals surface area contributed by atoms with Crippen molar-refractivity contribution in [3.8, 4) is 0 Å². The van der Waals surface area contributed by atoms with Crippen LogP contribution in [0, 0.1) is 0 Å². The monoisotopic (exact) mass is 371 g/mol. The van der Waals surface area contributed by atoms with Crippen LogP contribution in [0.2, 0.25) is 0 Å². The third-order valence-corrected chi connectivity index (χ3v) is 4.67. The molecular formula is C21H41NO4. The Bertz CT molecular complexity index is 347. The third-order valence-electron chi connectivity index (χ3n) is 4.67. The van der Waals surface area contributed by atoms with Crippen LogP contribution in [0.1, 0.15) is 110 Å². The van der Waals surface area contributed by atoms with Gasteiger partial charge in [0.05, 0.1) is 6.61 Å². The largest absolute Gasteiger partial charge is 0.465 e. The van der Waals surface area contributed by atoms with E-state index < -0.39 is 18.1 Å². The van der Waals surface area contributed by atoms with Crippen LogP contribution in [-0.4, -0.2) is 29.8 Å². The molecular weight excluding hydrogens is 330 g/mol. The second kappa shape index (κ2) is 18.5. The van der Waals surface area contributed by atoms with Crippen LogP contribution in [0.3, 0.4) is 0 Å². The van der Waals surface area contributed by atoms with Gasteiger partial charge in [-0.2, -0.15) is 0 Å². The lowest BCUT2D eigenvalue weighted by Gasteiger charge is -2.15. The highest BCUT2D eigenvalue weighted by molar-refractivity contribution is 5.80. The number of amides is 1. The minimum atomic E-state index is -1.17. The van der Waals surface area contributed by atoms with Gasteiger partial charge in [-0.1, -0.05) is 97.3 Å². The van der Waals surface area contributed by atoms with Crippen molar-refractivity contribution < 1.29 is 19.4 Å². The third kappa shape index (κ3) is 16.2. The summed E-state index contributed by atoms with van der Waals surface area (Å²) in [5.74, 6) is -0.441. The number of hydrogen-bond donors (Lipinski definition) is 2. The summed E-state index contributed by atoms with van der Waals surface area (Å²) in [6.07, 6.45) is 16.2. The molecule has 26 heavy (non-hydrogen) atoms. The molecule has 1 amide bonds. The number of carboxylic acid groups (broad SMARTS) is 1. The number of carbonyl (C=O) groups excluding carboxylic acids is 1. The minimum Gasteiger partial charge on any atom is -0.465 e. The van der Waals surface area contributed by atoms with Gasteiger partial charge in [0.15, 0.2) is 0 Å². The van der Waals surface area contributed by atoms with E-state index in [-0.39, 0.29) is 0 Å². The van der Waals surface area contributed by atoms with Crippen LogP contribution in [0.4, 0.5) is 4.79 Å². The van der Waals surface area contributed by atoms with Crippen molar-refractivity contribution in [3.63, 3.8) is 0 Å². The first-order chi connectivity index (χ1) is 12.6. The molecule has 5 nitrogen and oxygen atoms in total. The van der Waals surface area contributed by atoms with Crippen molar-refractivity contribution in [2.75, 3.05) is 6.61 Å². The molecule has 2 N–H and O–H groups in total. The molecule has 0 saturated carbocycles. The summed E-state index contributed by atoms with van der Waals surface area (Å²) in [7, 11) is 0. The molecule has 0 rings (SSSR count). The second-order valence-corrected chi connectivity index (χ2v) is 7.20. The second-order valence-electron chi connectivity index (χ2n) is 7.20. The summed E-state index contributed by atoms with van der Waals surface area (Å²) in [5, 5.41) is 11.1. The molecule has 0 fully saturated rings. The molecule has 0 aliphatic carbocycles. The quantitative estimate of drug-likeness (QED) is 0.227. The molecule has 0 aliphatic heterocycles. The summed E-state index contributed by atoms with van der Waals surface area (Å²) >= 11 is 0. The minimum absolute atomic E-state index is 0.389. The maximum absolute atomic E-state index is 11.9. The molecule has 0 spiro atoms. The van der Waals surface area contributed by atoms with Crippen molar-refractivity contribution in [1.82, 2.24) is 5.32 Å². The first kappa shape index (κ1) is 24.7. The molecule has 0 aromatic rings. The Morgan fingerprint density at radius 3 is 1.69 bits per heavy atom. The van der Waals surface area contributed by atoms with Gasteiger partial charge in [0.2, 0.25) is 0 Å². The molecule has 0 radical (unpaired) electrons. The van der Waals surface area contributed by atoms with Gasteiger partial charge in [0.1, 0.15) is 6.04 Å². The zero-order valence-electron chi connectivity index (χ0n) is 17.1. The molecule has 0 heterocycles. The predicted molar refractivity (Wildman–Crippen MR) is 107 cm³/mol. The summed E-state index contributed by atoms with van der Waals surface area (Å²) in [6, 6.07) is -0.732. The van der Waals surface area contributed by atoms with Crippen LogP contribution in [0.25, 0.3) is 0 Å². The van der Waals surface area contributed by atoms with Crippen molar-refractivity contribution in [2.45, 2.75) is 116 Å². The van der Waals surface area contributed by atoms with Gasteiger partial charge < -0.3 is 15.2 Å². The van der Waals surface area contributed by atoms with Gasteiger partial charge in [-0.3, -0.25) is 0 Å². The Morgan fingerprint density at radius 1 is 0.769 bits per heavy atom. The Balaban J connectivity index is 3.51. The van der Waals surface area contributed by atoms with Gasteiger partial charge in [0.25, 0.3) is 0 Å². The Morgan fingerprint density at radius 2 is 1.23 bits per heavy atom. The fourth-order valence-electron chi connectivity index (χ4n) is 3.02. The van der Waals surface area contributed by atoms with Crippen LogP contribution in [0.15, 0.2) is 0 Å². The van der Waals surface area contributed by atoms with Crippen molar-refractivity contribution in [1.29, 1.82) is 0 Å². The number of unbranched alkanes of at least 4 members (excludes halogenated alkanes) is 12. The van der Waals surface area contributed by atoms with Gasteiger partial charge >= 0.3 is 12.1 Å². The van der Waals surface area contributed by atoms with E-state index in [0.717, 1.165) is 25.7 Å². The van der Waals surface area contributed by atoms with E-state index in [1.54, 1.807) is 0 Å². The zero-order chi connectivity index (χ0) is 19.5. The molecule has 0 aromatic heterocycles. The number of rotatable bonds is 18. The summed E-state index contributed by atoms with van der Waals surface area (Å²) < 4.78 is 5.23. The molecule has 1 atom stereocenters. The average molecular weight is 372 g/mol. The van der Waals surface area contributed by atoms with E-state index in [0.29, 0.717) is 13.0 Å². The lowest BCUT2D eigenvalue weighted by Crippen LogP contribution is -2.41. The smallest absolute Gasteiger partial charge is 0.405 e. The lowest BCUT2D eigenvalue weighted by atomic mass is 10.1. The van der Waals surface area contributed by atoms with Crippen LogP contribution in [-0.2, 0) is 9.53 Å². The van der Waals surface area contributed by atoms with Crippen molar-refractivity contribution in [3.05, 3.63) is 0 Å². The Hall–Kier alpha value is -1.26. The molecule has 0 aromatic carbocycles. The van der Waals surface area contributed by atoms with E-state index in [9.17, 15) is 9.59 Å². The lowest BCUT2D eigenvalue weighted by molar-refractivity contribution is -0.146. The first-order valence-electron chi connectivity index (χ1n) is 10.8. The number of ether oxygens (including phenoxy) is 1. The van der Waals surface area contributed by atoms with E-state index in [1.165, 1.54) is 64.2 Å². The Labute approximate surface area is 160 Å². The highest BCUT2D eigenvalue weighted by atomic mass is 16.5. The SMILES string of the molecule is CCCCCCCCCCCCCCOC(=O)C(CCCC)NC(=O)O. The van der Waals surface area contributed by atoms with E-state index in [1.807, 2.05) is 6.92 Å². The van der Waals surface area contributed by atoms with Gasteiger partial charge in [-0.15, -0.1) is 0 Å². The predicted octanol–water partition coefficient (Wildman–Crippen LogP) is 6.06. The van der Waals surface area contributed by atoms with Crippen LogP contribution in [0.5, 0.6) is 0 Å². The van der Waals surface area contributed by atoms with E-state index in [4.69, 9.17) is 9.84 Å². The first-order valence-corrected chi connectivity index (χ1v) is 10.8. The fraction of sp³-hybridized carbons (Fsp3) is 0.905. The molecule has 5 heteroatoms. The van der Waals surface area contributed by atoms with E-state index in [2.05, 4.69) is 12.2 Å². The van der Waals surface area contributed by atoms with Gasteiger partial charge in [0, 0.05) is 0 Å². The fourth-order valence-corrected chi connectivity index (χ4v) is 3.02. The topological polar surface area (TPSA) is 75.6 Å². The summed E-state index contributed by atoms with van der Waals surface area (Å²) in [6.45, 7) is 4.65. The van der Waals surface area contributed by atoms with Crippen LogP contribution < -0.4 is 5.32 Å². The highest BCUT2D eigenvalue weighted by Gasteiger charge is 2.21. The number of nitrogens with one attached hydrogen (secondary N) is 1. The van der Waals surface area contributed by atoms with Gasteiger partial charge in [-0.25, -0.2) is 9.59 Å². The van der Waals surface area contributed by atoms with Gasteiger partial charge in [-0.05, 0) is 12.8 Å². The van der Waals surface area contributed by atoms with Crippen molar-refractivity contribution >= 4 is 12.1 Å². The molecule has 0 saturated heterocycles. The normalized spacial score (nSPS) is 11.9. The summed E-state index contributed by atoms with van der Waals surface area (Å²) in [5.41, 5.74) is 0. The molecule has 0 aliphatic rings. The molecule has 154 valence electrons. The highest BCUT2D eigenvalue weighted by Crippen LogP contribution is 2.12. The summed E-state index contributed by atoms with van der Waals surface area (Å²) in [4.78, 5) is 22.7. The number of esters is 1. The molecule has 0 bridgehead atoms. The number of hydrogen-bond acceptors (Lipinski definition) is 3. The average Bonchev–Trinajstić information content (AvgIpc) is 2.62. The Kier molecular flexibility index (Phi) is 17.6. The zero-order valence-corrected chi connectivity index (χ0v) is 17.1. The molecule has 1 unspecified atom stereocenters. The standard InChI is InChI=1S/C21H41NO4/c1-3-5-7-8-9-10-11-12-13-14-15-16-18-26-20(23)19(17-6-4-2)22-21(24)25/h19,22H,3-18H2,1-2H3,(H,24,25). The van der Waals surface area contributed by atoms with Crippen molar-refractivity contribution in [2.24, 2.45) is 0 Å². The maximum Gasteiger partial charge on any atom is 0.405 e. The van der Waals surface area contributed by atoms with E-state index >= 15 is 0 Å². The maximum atomic E-state index is 11.9. The van der Waals surface area contributed by atoms with Crippen LogP contribution >= 0.6 is 0 Å².